The van der Waals surface area contributed by atoms with Crippen LogP contribution < -0.4 is 16.4 Å². The maximum Gasteiger partial charge on any atom is 0.322 e. The lowest BCUT2D eigenvalue weighted by atomic mass is 9.88. The van der Waals surface area contributed by atoms with Crippen molar-refractivity contribution in [3.05, 3.63) is 0 Å². The van der Waals surface area contributed by atoms with Crippen molar-refractivity contribution in [2.75, 3.05) is 13.1 Å². The summed E-state index contributed by atoms with van der Waals surface area (Å²) >= 11 is 0. The van der Waals surface area contributed by atoms with Gasteiger partial charge in [0.1, 0.15) is 5.54 Å². The zero-order valence-corrected chi connectivity index (χ0v) is 11.1. The van der Waals surface area contributed by atoms with Gasteiger partial charge in [-0.15, -0.1) is 0 Å². The first-order chi connectivity index (χ1) is 8.98. The van der Waals surface area contributed by atoms with Crippen LogP contribution >= 0.6 is 0 Å². The zero-order chi connectivity index (χ0) is 14.0. The fraction of sp³-hybridized carbons (Fsp3) is 0.750. The molecule has 7 nitrogen and oxygen atoms in total. The number of carbonyl (C=O) groups is 3. The molecule has 0 aliphatic carbocycles. The van der Waals surface area contributed by atoms with Crippen LogP contribution in [0.2, 0.25) is 0 Å². The van der Waals surface area contributed by atoms with E-state index in [0.29, 0.717) is 25.8 Å². The van der Waals surface area contributed by atoms with Crippen molar-refractivity contribution in [1.29, 1.82) is 0 Å². The Bertz CT molecular complexity index is 412. The minimum atomic E-state index is -0.961. The molecule has 0 aromatic rings. The van der Waals surface area contributed by atoms with Crippen LogP contribution in [-0.4, -0.2) is 47.4 Å². The van der Waals surface area contributed by atoms with Crippen LogP contribution in [0.5, 0.6) is 0 Å². The monoisotopic (exact) mass is 268 g/mol. The lowest BCUT2D eigenvalue weighted by Crippen LogP contribution is -2.61. The van der Waals surface area contributed by atoms with Gasteiger partial charge in [0.15, 0.2) is 0 Å². The first kappa shape index (κ1) is 13.8. The fourth-order valence-corrected chi connectivity index (χ4v) is 2.73. The Labute approximate surface area is 111 Å². The van der Waals surface area contributed by atoms with E-state index in [1.54, 1.807) is 4.90 Å². The van der Waals surface area contributed by atoms with Crippen molar-refractivity contribution >= 4 is 17.8 Å². The topological polar surface area (TPSA) is 105 Å². The van der Waals surface area contributed by atoms with Crippen LogP contribution in [0.4, 0.5) is 4.79 Å². The quantitative estimate of drug-likeness (QED) is 0.589. The van der Waals surface area contributed by atoms with E-state index in [1.165, 1.54) is 0 Å². The number of hydrogen-bond donors (Lipinski definition) is 3. The molecule has 4 amide bonds. The molecule has 1 unspecified atom stereocenters. The molecule has 7 heteroatoms. The molecule has 0 saturated carbocycles. The lowest BCUT2D eigenvalue weighted by molar-refractivity contribution is -0.137. The van der Waals surface area contributed by atoms with Gasteiger partial charge >= 0.3 is 6.03 Å². The van der Waals surface area contributed by atoms with E-state index in [1.807, 2.05) is 6.92 Å². The minimum Gasteiger partial charge on any atom is -0.338 e. The summed E-state index contributed by atoms with van der Waals surface area (Å²) < 4.78 is 0. The summed E-state index contributed by atoms with van der Waals surface area (Å²) in [4.78, 5) is 36.9. The molecule has 4 N–H and O–H groups in total. The summed E-state index contributed by atoms with van der Waals surface area (Å²) in [5.41, 5.74) is 4.87. The highest BCUT2D eigenvalue weighted by atomic mass is 16.2. The zero-order valence-electron chi connectivity index (χ0n) is 11.1. The van der Waals surface area contributed by atoms with Gasteiger partial charge < -0.3 is 16.0 Å². The maximum atomic E-state index is 12.2. The summed E-state index contributed by atoms with van der Waals surface area (Å²) in [5, 5.41) is 4.87. The molecular weight excluding hydrogens is 248 g/mol. The summed E-state index contributed by atoms with van der Waals surface area (Å²) in [6.45, 7) is 2.76. The van der Waals surface area contributed by atoms with Crippen molar-refractivity contribution in [3.8, 4) is 0 Å². The number of nitrogens with two attached hydrogens (primary N) is 1. The Morgan fingerprint density at radius 2 is 2.26 bits per heavy atom. The third-order valence-corrected chi connectivity index (χ3v) is 3.74. The van der Waals surface area contributed by atoms with Crippen LogP contribution in [0.1, 0.15) is 32.6 Å². The molecule has 0 radical (unpaired) electrons. The molecule has 19 heavy (non-hydrogen) atoms. The number of urea groups is 1. The SMILES string of the molecule is CCC[C@@H](N)C(=O)N1CCCC2(C1)NC(=O)NC2=O. The number of rotatable bonds is 3. The number of imide groups is 1. The molecule has 2 fully saturated rings. The van der Waals surface area contributed by atoms with Crippen LogP contribution in [0.3, 0.4) is 0 Å². The molecule has 2 aliphatic rings. The van der Waals surface area contributed by atoms with Crippen molar-refractivity contribution in [1.82, 2.24) is 15.5 Å². The van der Waals surface area contributed by atoms with Gasteiger partial charge in [-0.25, -0.2) is 4.79 Å². The smallest absolute Gasteiger partial charge is 0.322 e. The summed E-state index contributed by atoms with van der Waals surface area (Å²) in [6, 6.07) is -1.02. The van der Waals surface area contributed by atoms with E-state index in [2.05, 4.69) is 10.6 Å². The molecule has 1 spiro atoms. The Balaban J connectivity index is 2.07. The van der Waals surface area contributed by atoms with Gasteiger partial charge in [0.2, 0.25) is 5.91 Å². The lowest BCUT2D eigenvalue weighted by Gasteiger charge is -2.39. The number of carbonyl (C=O) groups excluding carboxylic acids is 3. The molecule has 0 aromatic heterocycles. The molecule has 0 aromatic carbocycles. The average Bonchev–Trinajstić information content (AvgIpc) is 2.63. The molecule has 0 bridgehead atoms. The Hall–Kier alpha value is -1.63. The van der Waals surface area contributed by atoms with Crippen molar-refractivity contribution < 1.29 is 14.4 Å². The van der Waals surface area contributed by atoms with Crippen molar-refractivity contribution in [2.45, 2.75) is 44.2 Å². The predicted octanol–water partition coefficient (Wildman–Crippen LogP) is -0.686. The van der Waals surface area contributed by atoms with E-state index in [-0.39, 0.29) is 18.4 Å². The van der Waals surface area contributed by atoms with E-state index in [4.69, 9.17) is 5.73 Å². The second kappa shape index (κ2) is 5.16. The number of amides is 4. The first-order valence-corrected chi connectivity index (χ1v) is 6.66. The third kappa shape index (κ3) is 2.56. The van der Waals surface area contributed by atoms with Gasteiger partial charge in [-0.1, -0.05) is 13.3 Å². The van der Waals surface area contributed by atoms with Gasteiger partial charge in [0, 0.05) is 6.54 Å². The Morgan fingerprint density at radius 1 is 1.53 bits per heavy atom. The van der Waals surface area contributed by atoms with Crippen LogP contribution in [0.15, 0.2) is 0 Å². The highest BCUT2D eigenvalue weighted by molar-refractivity contribution is 6.07. The molecular formula is C12H20N4O3. The number of likely N-dealkylation sites (tertiary alicyclic amines) is 1. The fourth-order valence-electron chi connectivity index (χ4n) is 2.73. The molecule has 2 atom stereocenters. The number of nitrogens with zero attached hydrogens (tertiary/aromatic N) is 1. The van der Waals surface area contributed by atoms with Gasteiger partial charge in [-0.2, -0.15) is 0 Å². The van der Waals surface area contributed by atoms with E-state index < -0.39 is 17.6 Å². The van der Waals surface area contributed by atoms with Crippen molar-refractivity contribution in [2.24, 2.45) is 5.73 Å². The average molecular weight is 268 g/mol. The third-order valence-electron chi connectivity index (χ3n) is 3.74. The van der Waals surface area contributed by atoms with Gasteiger partial charge in [0.25, 0.3) is 5.91 Å². The van der Waals surface area contributed by atoms with E-state index in [9.17, 15) is 14.4 Å². The molecule has 2 rings (SSSR count). The summed E-state index contributed by atoms with van der Waals surface area (Å²) in [6.07, 6.45) is 2.69. The first-order valence-electron chi connectivity index (χ1n) is 6.66. The minimum absolute atomic E-state index is 0.144. The maximum absolute atomic E-state index is 12.2. The summed E-state index contributed by atoms with van der Waals surface area (Å²) in [7, 11) is 0. The Kier molecular flexibility index (Phi) is 3.75. The number of nitrogens with one attached hydrogen (secondary N) is 2. The van der Waals surface area contributed by atoms with Crippen LogP contribution in [-0.2, 0) is 9.59 Å². The highest BCUT2D eigenvalue weighted by Gasteiger charge is 2.49. The standard InChI is InChI=1S/C12H20N4O3/c1-2-4-8(13)9(17)16-6-3-5-12(7-16)10(18)14-11(19)15-12/h8H,2-7,13H2,1H3,(H2,14,15,18,19)/t8-,12?/m1/s1. The second-order valence-electron chi connectivity index (χ2n) is 5.25. The van der Waals surface area contributed by atoms with Gasteiger partial charge in [-0.3, -0.25) is 14.9 Å². The second-order valence-corrected chi connectivity index (χ2v) is 5.25. The molecule has 106 valence electrons. The molecule has 2 aliphatic heterocycles. The molecule has 2 saturated heterocycles. The van der Waals surface area contributed by atoms with Crippen LogP contribution in [0, 0.1) is 0 Å². The van der Waals surface area contributed by atoms with Crippen LogP contribution in [0.25, 0.3) is 0 Å². The number of piperidine rings is 1. The molecule has 2 heterocycles. The van der Waals surface area contributed by atoms with E-state index >= 15 is 0 Å². The number of hydrogen-bond acceptors (Lipinski definition) is 4. The normalized spacial score (nSPS) is 28.2. The van der Waals surface area contributed by atoms with Crippen molar-refractivity contribution in [3.63, 3.8) is 0 Å². The summed E-state index contributed by atoms with van der Waals surface area (Å²) in [5.74, 6) is -0.492. The Morgan fingerprint density at radius 3 is 2.84 bits per heavy atom. The predicted molar refractivity (Wildman–Crippen MR) is 68.1 cm³/mol. The largest absolute Gasteiger partial charge is 0.338 e. The highest BCUT2D eigenvalue weighted by Crippen LogP contribution is 2.24. The van der Waals surface area contributed by atoms with Gasteiger partial charge in [0.05, 0.1) is 12.6 Å². The van der Waals surface area contributed by atoms with Gasteiger partial charge in [-0.05, 0) is 19.3 Å². The van der Waals surface area contributed by atoms with E-state index in [0.717, 1.165) is 6.42 Å².